The van der Waals surface area contributed by atoms with E-state index in [1.807, 2.05) is 0 Å². The van der Waals surface area contributed by atoms with Crippen LogP contribution in [-0.4, -0.2) is 36.7 Å². The third-order valence-electron chi connectivity index (χ3n) is 3.59. The minimum absolute atomic E-state index is 0.0585. The van der Waals surface area contributed by atoms with Gasteiger partial charge in [0.25, 0.3) is 11.6 Å². The summed E-state index contributed by atoms with van der Waals surface area (Å²) in [7, 11) is 2.90. The van der Waals surface area contributed by atoms with E-state index in [0.29, 0.717) is 17.1 Å². The topological polar surface area (TPSA) is 111 Å². The smallest absolute Gasteiger partial charge is 0.269 e. The van der Waals surface area contributed by atoms with Crippen LogP contribution in [0, 0.1) is 10.1 Å². The highest BCUT2D eigenvalue weighted by Crippen LogP contribution is 2.30. The van der Waals surface area contributed by atoms with Crippen molar-refractivity contribution in [2.45, 2.75) is 6.10 Å². The predicted molar refractivity (Wildman–Crippen MR) is 89.9 cm³/mol. The molecular formula is C17H18N2O6. The lowest BCUT2D eigenvalue weighted by Crippen LogP contribution is -2.28. The van der Waals surface area contributed by atoms with Crippen LogP contribution in [0.15, 0.2) is 42.5 Å². The van der Waals surface area contributed by atoms with Crippen molar-refractivity contribution in [3.8, 4) is 11.5 Å². The summed E-state index contributed by atoms with van der Waals surface area (Å²) in [6.45, 7) is -0.0585. The second-order valence-corrected chi connectivity index (χ2v) is 5.12. The minimum atomic E-state index is -0.999. The number of nitrogens with zero attached hydrogens (tertiary/aromatic N) is 1. The van der Waals surface area contributed by atoms with E-state index in [4.69, 9.17) is 9.47 Å². The lowest BCUT2D eigenvalue weighted by Gasteiger charge is -2.15. The first-order valence-corrected chi connectivity index (χ1v) is 7.39. The van der Waals surface area contributed by atoms with E-state index in [9.17, 15) is 20.0 Å². The third kappa shape index (κ3) is 4.24. The molecule has 0 aliphatic heterocycles. The molecule has 8 heteroatoms. The molecule has 0 saturated heterocycles. The number of hydrogen-bond donors (Lipinski definition) is 2. The number of para-hydroxylation sites is 1. The summed E-state index contributed by atoms with van der Waals surface area (Å²) in [5, 5.41) is 23.4. The van der Waals surface area contributed by atoms with Gasteiger partial charge in [-0.1, -0.05) is 6.07 Å². The molecule has 0 aromatic heterocycles. The highest BCUT2D eigenvalue weighted by Gasteiger charge is 2.18. The molecule has 2 aromatic carbocycles. The van der Waals surface area contributed by atoms with Gasteiger partial charge in [-0.3, -0.25) is 14.9 Å². The second kappa shape index (κ2) is 8.11. The number of nitro groups is 1. The molecule has 0 saturated carbocycles. The number of benzene rings is 2. The molecule has 0 radical (unpaired) electrons. The average molecular weight is 346 g/mol. The fraction of sp³-hybridized carbons (Fsp3) is 0.235. The summed E-state index contributed by atoms with van der Waals surface area (Å²) in [5.41, 5.74) is 0.669. The van der Waals surface area contributed by atoms with Crippen LogP contribution in [0.5, 0.6) is 11.5 Å². The van der Waals surface area contributed by atoms with E-state index in [1.54, 1.807) is 18.2 Å². The number of amides is 1. The Balaban J connectivity index is 2.05. The van der Waals surface area contributed by atoms with Crippen LogP contribution in [0.4, 0.5) is 5.69 Å². The van der Waals surface area contributed by atoms with E-state index >= 15 is 0 Å². The van der Waals surface area contributed by atoms with Crippen molar-refractivity contribution in [2.24, 2.45) is 0 Å². The van der Waals surface area contributed by atoms with Crippen LogP contribution in [0.3, 0.4) is 0 Å². The molecule has 0 spiro atoms. The zero-order valence-corrected chi connectivity index (χ0v) is 13.8. The molecule has 2 rings (SSSR count). The molecule has 1 amide bonds. The Kier molecular flexibility index (Phi) is 5.91. The number of ether oxygens (including phenoxy) is 2. The molecule has 0 unspecified atom stereocenters. The van der Waals surface area contributed by atoms with Crippen LogP contribution < -0.4 is 14.8 Å². The number of nitrogens with one attached hydrogen (secondary N) is 1. The molecule has 25 heavy (non-hydrogen) atoms. The van der Waals surface area contributed by atoms with Crippen LogP contribution in [0.1, 0.15) is 22.0 Å². The van der Waals surface area contributed by atoms with Crippen LogP contribution >= 0.6 is 0 Å². The van der Waals surface area contributed by atoms with Gasteiger partial charge in [0.1, 0.15) is 0 Å². The number of aliphatic hydroxyl groups is 1. The fourth-order valence-corrected chi connectivity index (χ4v) is 2.29. The van der Waals surface area contributed by atoms with Crippen molar-refractivity contribution in [1.29, 1.82) is 0 Å². The summed E-state index contributed by atoms with van der Waals surface area (Å²) >= 11 is 0. The van der Waals surface area contributed by atoms with E-state index in [2.05, 4.69) is 5.32 Å². The maximum Gasteiger partial charge on any atom is 0.269 e. The van der Waals surface area contributed by atoms with Gasteiger partial charge in [0.15, 0.2) is 11.5 Å². The highest BCUT2D eigenvalue weighted by atomic mass is 16.6. The Morgan fingerprint density at radius 3 is 2.44 bits per heavy atom. The molecule has 0 bridgehead atoms. The van der Waals surface area contributed by atoms with Crippen LogP contribution in [-0.2, 0) is 0 Å². The van der Waals surface area contributed by atoms with Crippen LogP contribution in [0.2, 0.25) is 0 Å². The predicted octanol–water partition coefficient (Wildman–Crippen LogP) is 2.08. The van der Waals surface area contributed by atoms with E-state index < -0.39 is 16.9 Å². The lowest BCUT2D eigenvalue weighted by atomic mass is 10.1. The molecule has 132 valence electrons. The Morgan fingerprint density at radius 2 is 1.88 bits per heavy atom. The van der Waals surface area contributed by atoms with Crippen molar-refractivity contribution < 1.29 is 24.3 Å². The molecule has 0 aliphatic rings. The summed E-state index contributed by atoms with van der Waals surface area (Å²) in [5.74, 6) is 0.287. The van der Waals surface area contributed by atoms with Gasteiger partial charge >= 0.3 is 0 Å². The van der Waals surface area contributed by atoms with Gasteiger partial charge in [-0.05, 0) is 29.8 Å². The molecule has 0 fully saturated rings. The summed E-state index contributed by atoms with van der Waals surface area (Å²) in [6.07, 6.45) is -0.999. The molecule has 2 aromatic rings. The molecular weight excluding hydrogens is 328 g/mol. The maximum absolute atomic E-state index is 12.3. The Hall–Kier alpha value is -3.13. The molecule has 0 heterocycles. The van der Waals surface area contributed by atoms with E-state index in [0.717, 1.165) is 0 Å². The lowest BCUT2D eigenvalue weighted by molar-refractivity contribution is -0.384. The van der Waals surface area contributed by atoms with Gasteiger partial charge in [0.05, 0.1) is 30.8 Å². The van der Waals surface area contributed by atoms with Gasteiger partial charge in [-0.2, -0.15) is 0 Å². The molecule has 2 N–H and O–H groups in total. The second-order valence-electron chi connectivity index (χ2n) is 5.12. The number of carbonyl (C=O) groups is 1. The molecule has 8 nitrogen and oxygen atoms in total. The fourth-order valence-electron chi connectivity index (χ4n) is 2.29. The first-order chi connectivity index (χ1) is 12.0. The highest BCUT2D eigenvalue weighted by molar-refractivity contribution is 5.97. The molecule has 1 atom stereocenters. The average Bonchev–Trinajstić information content (AvgIpc) is 2.64. The monoisotopic (exact) mass is 346 g/mol. The van der Waals surface area contributed by atoms with Gasteiger partial charge in [-0.15, -0.1) is 0 Å². The van der Waals surface area contributed by atoms with Crippen molar-refractivity contribution in [2.75, 3.05) is 20.8 Å². The van der Waals surface area contributed by atoms with Crippen molar-refractivity contribution in [3.63, 3.8) is 0 Å². The Labute approximate surface area is 144 Å². The Morgan fingerprint density at radius 1 is 1.20 bits per heavy atom. The van der Waals surface area contributed by atoms with Gasteiger partial charge in [0, 0.05) is 18.7 Å². The standard InChI is InChI=1S/C17H18N2O6/c1-24-15-5-3-4-13(16(15)25-2)17(21)18-10-14(20)11-6-8-12(9-7-11)19(22)23/h3-9,14,20H,10H2,1-2H3,(H,18,21)/t14-/m1/s1. The van der Waals surface area contributed by atoms with Crippen molar-refractivity contribution >= 4 is 11.6 Å². The third-order valence-corrected chi connectivity index (χ3v) is 3.59. The maximum atomic E-state index is 12.3. The van der Waals surface area contributed by atoms with Crippen molar-refractivity contribution in [1.82, 2.24) is 5.32 Å². The summed E-state index contributed by atoms with van der Waals surface area (Å²) in [4.78, 5) is 22.4. The Bertz CT molecular complexity index is 760. The number of carbonyl (C=O) groups excluding carboxylic acids is 1. The number of aliphatic hydroxyl groups excluding tert-OH is 1. The summed E-state index contributed by atoms with van der Waals surface area (Å²) in [6, 6.07) is 10.4. The number of non-ortho nitro benzene ring substituents is 1. The quantitative estimate of drug-likeness (QED) is 0.586. The number of methoxy groups -OCH3 is 2. The van der Waals surface area contributed by atoms with E-state index in [1.165, 1.54) is 38.5 Å². The largest absolute Gasteiger partial charge is 0.493 e. The van der Waals surface area contributed by atoms with Gasteiger partial charge < -0.3 is 19.9 Å². The number of hydrogen-bond acceptors (Lipinski definition) is 6. The van der Waals surface area contributed by atoms with Gasteiger partial charge in [0.2, 0.25) is 0 Å². The SMILES string of the molecule is COc1cccc(C(=O)NC[C@@H](O)c2ccc([N+](=O)[O-])cc2)c1OC. The first kappa shape index (κ1) is 18.2. The number of rotatable bonds is 7. The number of nitro benzene ring substituents is 1. The normalized spacial score (nSPS) is 11.5. The molecule has 0 aliphatic carbocycles. The van der Waals surface area contributed by atoms with E-state index in [-0.39, 0.29) is 17.8 Å². The summed E-state index contributed by atoms with van der Waals surface area (Å²) < 4.78 is 10.3. The first-order valence-electron chi connectivity index (χ1n) is 7.39. The van der Waals surface area contributed by atoms with Crippen molar-refractivity contribution in [3.05, 3.63) is 63.7 Å². The van der Waals surface area contributed by atoms with Crippen LogP contribution in [0.25, 0.3) is 0 Å². The minimum Gasteiger partial charge on any atom is -0.493 e. The zero-order chi connectivity index (χ0) is 18.4. The van der Waals surface area contributed by atoms with Gasteiger partial charge in [-0.25, -0.2) is 0 Å². The zero-order valence-electron chi connectivity index (χ0n) is 13.8.